The van der Waals surface area contributed by atoms with Crippen molar-refractivity contribution in [2.75, 3.05) is 44.4 Å². The van der Waals surface area contributed by atoms with E-state index in [0.29, 0.717) is 11.7 Å². The van der Waals surface area contributed by atoms with Crippen LogP contribution in [0.2, 0.25) is 0 Å². The minimum absolute atomic E-state index is 0.112. The Labute approximate surface area is 181 Å². The summed E-state index contributed by atoms with van der Waals surface area (Å²) in [5.41, 5.74) is 4.88. The molecular formula is C24H27N3O4. The second-order valence-electron chi connectivity index (χ2n) is 8.72. The number of amides is 1. The number of piperazine rings is 1. The molecule has 1 unspecified atom stereocenters. The van der Waals surface area contributed by atoms with Crippen molar-refractivity contribution in [1.82, 2.24) is 10.2 Å². The highest BCUT2D eigenvalue weighted by atomic mass is 16.7. The average Bonchev–Trinajstić information content (AvgIpc) is 3.40. The highest BCUT2D eigenvalue weighted by Crippen LogP contribution is 2.50. The topological polar surface area (TPSA) is 63.3 Å². The van der Waals surface area contributed by atoms with Crippen molar-refractivity contribution in [2.24, 2.45) is 0 Å². The van der Waals surface area contributed by atoms with Crippen LogP contribution in [0.15, 0.2) is 36.4 Å². The number of ether oxygens (including phenoxy) is 3. The van der Waals surface area contributed by atoms with Crippen molar-refractivity contribution < 1.29 is 19.0 Å². The molecule has 4 aliphatic rings. The van der Waals surface area contributed by atoms with Crippen LogP contribution in [0.25, 0.3) is 0 Å². The number of nitrogens with zero attached hydrogens (tertiary/aromatic N) is 2. The smallest absolute Gasteiger partial charge is 0.410 e. The molecule has 7 heteroatoms. The van der Waals surface area contributed by atoms with Gasteiger partial charge in [-0.3, -0.25) is 0 Å². The van der Waals surface area contributed by atoms with Gasteiger partial charge in [0.05, 0.1) is 6.04 Å². The Balaban J connectivity index is 1.17. The van der Waals surface area contributed by atoms with E-state index in [1.165, 1.54) is 16.8 Å². The Morgan fingerprint density at radius 1 is 1.03 bits per heavy atom. The first-order valence-corrected chi connectivity index (χ1v) is 11.2. The summed E-state index contributed by atoms with van der Waals surface area (Å²) in [6.45, 7) is 5.29. The summed E-state index contributed by atoms with van der Waals surface area (Å²) in [4.78, 5) is 17.4. The number of fused-ring (bicyclic) bond motifs is 6. The maximum Gasteiger partial charge on any atom is 0.410 e. The number of benzene rings is 2. The molecule has 0 spiro atoms. The highest BCUT2D eigenvalue weighted by molar-refractivity contribution is 5.70. The molecule has 2 saturated heterocycles. The maximum atomic E-state index is 13.0. The van der Waals surface area contributed by atoms with E-state index in [-0.39, 0.29) is 25.5 Å². The highest BCUT2D eigenvalue weighted by Gasteiger charge is 2.41. The monoisotopic (exact) mass is 421 g/mol. The third-order valence-corrected chi connectivity index (χ3v) is 6.99. The zero-order chi connectivity index (χ0) is 20.8. The standard InChI is InChI=1S/C24H27N3O4/c28-24(29-14-16-1-4-22-23(11-16)31-15-30-22)27-8-5-17-12-21(27)20-13-18(2-3-19(17)20)26-9-6-25-7-10-26/h1-4,11,13,17,21,25H,5-10,12,14-15H2/t17?,21-/m0/s1. The lowest BCUT2D eigenvalue weighted by atomic mass is 9.96. The molecule has 2 aromatic carbocycles. The fraction of sp³-hybridized carbons (Fsp3) is 0.458. The summed E-state index contributed by atoms with van der Waals surface area (Å²) in [5, 5.41) is 3.41. The quantitative estimate of drug-likeness (QED) is 0.820. The molecule has 2 bridgehead atoms. The minimum Gasteiger partial charge on any atom is -0.454 e. The molecule has 2 aromatic rings. The SMILES string of the molecule is O=C(OCc1ccc2c(c1)OCO2)N1CCC2C[C@H]1c1cc(N3CCNCC3)ccc12. The summed E-state index contributed by atoms with van der Waals surface area (Å²) < 4.78 is 16.5. The first kappa shape index (κ1) is 18.8. The lowest BCUT2D eigenvalue weighted by Gasteiger charge is -2.33. The summed E-state index contributed by atoms with van der Waals surface area (Å²) in [6.07, 6.45) is 1.76. The number of likely N-dealkylation sites (tertiary alicyclic amines) is 1. The summed E-state index contributed by atoms with van der Waals surface area (Å²) >= 11 is 0. The van der Waals surface area contributed by atoms with Gasteiger partial charge in [-0.15, -0.1) is 0 Å². The van der Waals surface area contributed by atoms with Gasteiger partial charge in [0.15, 0.2) is 11.5 Å². The molecule has 2 atom stereocenters. The first-order valence-electron chi connectivity index (χ1n) is 11.2. The molecule has 1 amide bonds. The van der Waals surface area contributed by atoms with Crippen LogP contribution in [0.1, 0.15) is 41.5 Å². The second-order valence-corrected chi connectivity index (χ2v) is 8.72. The molecule has 6 rings (SSSR count). The molecule has 31 heavy (non-hydrogen) atoms. The normalized spacial score (nSPS) is 23.6. The molecular weight excluding hydrogens is 394 g/mol. The van der Waals surface area contributed by atoms with Gasteiger partial charge in [-0.1, -0.05) is 12.1 Å². The molecule has 0 saturated carbocycles. The third-order valence-electron chi connectivity index (χ3n) is 6.99. The van der Waals surface area contributed by atoms with E-state index in [1.807, 2.05) is 23.1 Å². The molecule has 3 heterocycles. The minimum atomic E-state index is -0.235. The van der Waals surface area contributed by atoms with E-state index in [9.17, 15) is 4.79 Å². The zero-order valence-corrected chi connectivity index (χ0v) is 17.5. The fourth-order valence-electron chi connectivity index (χ4n) is 5.36. The van der Waals surface area contributed by atoms with Crippen molar-refractivity contribution >= 4 is 11.8 Å². The van der Waals surface area contributed by atoms with Crippen LogP contribution in [0.5, 0.6) is 11.5 Å². The van der Waals surface area contributed by atoms with Gasteiger partial charge < -0.3 is 29.3 Å². The van der Waals surface area contributed by atoms with Gasteiger partial charge in [0.25, 0.3) is 0 Å². The summed E-state index contributed by atoms with van der Waals surface area (Å²) in [7, 11) is 0. The van der Waals surface area contributed by atoms with Crippen molar-refractivity contribution in [3.8, 4) is 11.5 Å². The number of hydrogen-bond acceptors (Lipinski definition) is 6. The Bertz CT molecular complexity index is 1000. The van der Waals surface area contributed by atoms with Crippen molar-refractivity contribution in [3.63, 3.8) is 0 Å². The van der Waals surface area contributed by atoms with Gasteiger partial charge in [-0.25, -0.2) is 4.79 Å². The van der Waals surface area contributed by atoms with Crippen LogP contribution < -0.4 is 19.7 Å². The number of carbonyl (C=O) groups excluding carboxylic acids is 1. The number of rotatable bonds is 3. The summed E-state index contributed by atoms with van der Waals surface area (Å²) in [6, 6.07) is 12.6. The van der Waals surface area contributed by atoms with Crippen LogP contribution in [-0.2, 0) is 11.3 Å². The Morgan fingerprint density at radius 3 is 2.81 bits per heavy atom. The molecule has 1 aliphatic carbocycles. The van der Waals surface area contributed by atoms with Gasteiger partial charge in [0.1, 0.15) is 6.61 Å². The predicted molar refractivity (Wildman–Crippen MR) is 116 cm³/mol. The van der Waals surface area contributed by atoms with Crippen molar-refractivity contribution in [3.05, 3.63) is 53.1 Å². The molecule has 1 N–H and O–H groups in total. The van der Waals surface area contributed by atoms with Crippen molar-refractivity contribution in [2.45, 2.75) is 31.4 Å². The average molecular weight is 421 g/mol. The van der Waals surface area contributed by atoms with Gasteiger partial charge >= 0.3 is 6.09 Å². The zero-order valence-electron chi connectivity index (χ0n) is 17.5. The van der Waals surface area contributed by atoms with Crippen LogP contribution in [0.3, 0.4) is 0 Å². The van der Waals surface area contributed by atoms with Crippen LogP contribution in [-0.4, -0.2) is 50.5 Å². The first-order chi connectivity index (χ1) is 15.3. The Kier molecular flexibility index (Phi) is 4.64. The molecule has 0 radical (unpaired) electrons. The Morgan fingerprint density at radius 2 is 1.90 bits per heavy atom. The van der Waals surface area contributed by atoms with E-state index in [4.69, 9.17) is 14.2 Å². The lowest BCUT2D eigenvalue weighted by Crippen LogP contribution is -2.43. The molecule has 0 aromatic heterocycles. The lowest BCUT2D eigenvalue weighted by molar-refractivity contribution is 0.0694. The van der Waals surface area contributed by atoms with E-state index < -0.39 is 0 Å². The fourth-order valence-corrected chi connectivity index (χ4v) is 5.36. The predicted octanol–water partition coefficient (Wildman–Crippen LogP) is 3.40. The molecule has 3 aliphatic heterocycles. The third kappa shape index (κ3) is 3.37. The van der Waals surface area contributed by atoms with E-state index >= 15 is 0 Å². The van der Waals surface area contributed by atoms with E-state index in [2.05, 4.69) is 28.4 Å². The Hall–Kier alpha value is -2.93. The second kappa shape index (κ2) is 7.64. The number of anilines is 1. The van der Waals surface area contributed by atoms with Crippen LogP contribution >= 0.6 is 0 Å². The van der Waals surface area contributed by atoms with Gasteiger partial charge in [-0.05, 0) is 59.7 Å². The number of piperidine rings is 1. The molecule has 7 nitrogen and oxygen atoms in total. The molecule has 162 valence electrons. The summed E-state index contributed by atoms with van der Waals surface area (Å²) in [5.74, 6) is 1.99. The van der Waals surface area contributed by atoms with E-state index in [1.54, 1.807) is 0 Å². The molecule has 2 fully saturated rings. The van der Waals surface area contributed by atoms with Gasteiger partial charge in [0, 0.05) is 38.4 Å². The number of nitrogens with one attached hydrogen (secondary N) is 1. The van der Waals surface area contributed by atoms with Crippen LogP contribution in [0, 0.1) is 0 Å². The van der Waals surface area contributed by atoms with Gasteiger partial charge in [0.2, 0.25) is 6.79 Å². The van der Waals surface area contributed by atoms with Crippen molar-refractivity contribution in [1.29, 1.82) is 0 Å². The largest absolute Gasteiger partial charge is 0.454 e. The van der Waals surface area contributed by atoms with E-state index in [0.717, 1.165) is 56.9 Å². The number of carbonyl (C=O) groups is 1. The van der Waals surface area contributed by atoms with Crippen LogP contribution in [0.4, 0.5) is 10.5 Å². The maximum absolute atomic E-state index is 13.0. The number of hydrogen-bond donors (Lipinski definition) is 1. The van der Waals surface area contributed by atoms with Gasteiger partial charge in [-0.2, -0.15) is 0 Å².